The van der Waals surface area contributed by atoms with Crippen LogP contribution in [0.4, 0.5) is 9.52 Å². The highest BCUT2D eigenvalue weighted by molar-refractivity contribution is 7.13. The van der Waals surface area contributed by atoms with Gasteiger partial charge in [-0.05, 0) is 30.2 Å². The number of morpholine rings is 1. The molecule has 106 valence electrons. The molecule has 0 unspecified atom stereocenters. The summed E-state index contributed by atoms with van der Waals surface area (Å²) in [6.07, 6.45) is 0.685. The summed E-state index contributed by atoms with van der Waals surface area (Å²) in [6.45, 7) is 5.32. The highest BCUT2D eigenvalue weighted by Gasteiger charge is 2.15. The van der Waals surface area contributed by atoms with Gasteiger partial charge in [0.2, 0.25) is 0 Å². The number of anilines is 1. The van der Waals surface area contributed by atoms with Gasteiger partial charge in [-0.1, -0.05) is 6.07 Å². The van der Waals surface area contributed by atoms with Crippen LogP contribution in [0.2, 0.25) is 0 Å². The van der Waals surface area contributed by atoms with E-state index in [-0.39, 0.29) is 5.82 Å². The quantitative estimate of drug-likeness (QED) is 0.869. The Balaban J connectivity index is 1.75. The van der Waals surface area contributed by atoms with Crippen molar-refractivity contribution in [2.45, 2.75) is 13.3 Å². The predicted molar refractivity (Wildman–Crippen MR) is 79.1 cm³/mol. The molecule has 3 rings (SSSR count). The molecule has 1 fully saturated rings. The van der Waals surface area contributed by atoms with Crippen molar-refractivity contribution in [3.63, 3.8) is 0 Å². The normalized spacial score (nSPS) is 15.6. The maximum absolute atomic E-state index is 13.3. The molecule has 2 aromatic rings. The molecule has 2 heterocycles. The molecule has 0 atom stereocenters. The zero-order valence-electron chi connectivity index (χ0n) is 11.4. The summed E-state index contributed by atoms with van der Waals surface area (Å²) >= 11 is 1.65. The number of hydrogen-bond acceptors (Lipinski definition) is 4. The molecule has 1 aliphatic heterocycles. The number of ether oxygens (including phenoxy) is 1. The van der Waals surface area contributed by atoms with Gasteiger partial charge in [0.15, 0.2) is 5.13 Å². The fourth-order valence-electron chi connectivity index (χ4n) is 2.30. The van der Waals surface area contributed by atoms with E-state index < -0.39 is 0 Å². The van der Waals surface area contributed by atoms with E-state index in [4.69, 9.17) is 4.74 Å². The van der Waals surface area contributed by atoms with Gasteiger partial charge in [-0.15, -0.1) is 11.3 Å². The number of benzene rings is 1. The Bertz CT molecular complexity index is 593. The fraction of sp³-hybridized carbons (Fsp3) is 0.400. The molecule has 0 aliphatic carbocycles. The third-order valence-electron chi connectivity index (χ3n) is 3.50. The van der Waals surface area contributed by atoms with Crippen molar-refractivity contribution in [1.82, 2.24) is 4.98 Å². The van der Waals surface area contributed by atoms with E-state index >= 15 is 0 Å². The molecule has 0 bridgehead atoms. The molecular formula is C15H17FN2OS. The summed E-state index contributed by atoms with van der Waals surface area (Å²) in [5.41, 5.74) is 3.11. The Hall–Kier alpha value is -1.46. The standard InChI is InChI=1S/C15H17FN2OS/c1-11-2-3-13(16)8-12(11)9-14-10-20-15(17-14)18-4-6-19-7-5-18/h2-3,8,10H,4-7,9H2,1H3. The van der Waals surface area contributed by atoms with Gasteiger partial charge < -0.3 is 9.64 Å². The van der Waals surface area contributed by atoms with Gasteiger partial charge in [-0.2, -0.15) is 0 Å². The second kappa shape index (κ2) is 5.89. The highest BCUT2D eigenvalue weighted by atomic mass is 32.1. The van der Waals surface area contributed by atoms with Gasteiger partial charge in [-0.3, -0.25) is 0 Å². The minimum absolute atomic E-state index is 0.186. The van der Waals surface area contributed by atoms with Crippen LogP contribution < -0.4 is 4.90 Å². The smallest absolute Gasteiger partial charge is 0.185 e. The van der Waals surface area contributed by atoms with Gasteiger partial charge in [0, 0.05) is 24.9 Å². The first-order chi connectivity index (χ1) is 9.72. The van der Waals surface area contributed by atoms with Gasteiger partial charge in [-0.25, -0.2) is 9.37 Å². The second-order valence-corrected chi connectivity index (χ2v) is 5.80. The van der Waals surface area contributed by atoms with Crippen LogP contribution >= 0.6 is 11.3 Å². The molecule has 20 heavy (non-hydrogen) atoms. The monoisotopic (exact) mass is 292 g/mol. The average Bonchev–Trinajstić information content (AvgIpc) is 2.92. The van der Waals surface area contributed by atoms with Gasteiger partial charge in [0.05, 0.1) is 18.9 Å². The van der Waals surface area contributed by atoms with Crippen LogP contribution in [0, 0.1) is 12.7 Å². The van der Waals surface area contributed by atoms with Crippen LogP contribution in [-0.2, 0) is 11.2 Å². The van der Waals surface area contributed by atoms with E-state index in [1.54, 1.807) is 17.4 Å². The van der Waals surface area contributed by atoms with E-state index in [0.29, 0.717) is 6.42 Å². The molecule has 1 aliphatic rings. The third-order valence-corrected chi connectivity index (χ3v) is 4.45. The first kappa shape index (κ1) is 13.5. The zero-order chi connectivity index (χ0) is 13.9. The molecule has 1 saturated heterocycles. The number of nitrogens with zero attached hydrogens (tertiary/aromatic N) is 2. The number of hydrogen-bond donors (Lipinski definition) is 0. The molecule has 0 radical (unpaired) electrons. The summed E-state index contributed by atoms with van der Waals surface area (Å²) in [7, 11) is 0. The molecule has 0 amide bonds. The number of rotatable bonds is 3. The maximum atomic E-state index is 13.3. The van der Waals surface area contributed by atoms with Crippen LogP contribution in [0.5, 0.6) is 0 Å². The Morgan fingerprint density at radius 2 is 2.15 bits per heavy atom. The van der Waals surface area contributed by atoms with E-state index in [1.165, 1.54) is 6.07 Å². The van der Waals surface area contributed by atoms with Crippen LogP contribution in [0.15, 0.2) is 23.6 Å². The number of halogens is 1. The molecule has 1 aromatic heterocycles. The van der Waals surface area contributed by atoms with Crippen LogP contribution in [0.3, 0.4) is 0 Å². The number of aryl methyl sites for hydroxylation is 1. The Kier molecular flexibility index (Phi) is 3.98. The molecule has 3 nitrogen and oxygen atoms in total. The fourth-order valence-corrected chi connectivity index (χ4v) is 3.18. The van der Waals surface area contributed by atoms with E-state index in [1.807, 2.05) is 13.0 Å². The summed E-state index contributed by atoms with van der Waals surface area (Å²) < 4.78 is 18.7. The van der Waals surface area contributed by atoms with Gasteiger partial charge in [0.25, 0.3) is 0 Å². The SMILES string of the molecule is Cc1ccc(F)cc1Cc1csc(N2CCOCC2)n1. The minimum Gasteiger partial charge on any atom is -0.378 e. The molecule has 0 saturated carbocycles. The van der Waals surface area contributed by atoms with Crippen LogP contribution in [-0.4, -0.2) is 31.3 Å². The molecule has 5 heteroatoms. The van der Waals surface area contributed by atoms with Crippen LogP contribution in [0.1, 0.15) is 16.8 Å². The first-order valence-electron chi connectivity index (χ1n) is 6.74. The van der Waals surface area contributed by atoms with E-state index in [0.717, 1.165) is 48.3 Å². The lowest BCUT2D eigenvalue weighted by molar-refractivity contribution is 0.122. The predicted octanol–water partition coefficient (Wildman–Crippen LogP) is 3.02. The van der Waals surface area contributed by atoms with Gasteiger partial charge in [0.1, 0.15) is 5.82 Å². The number of aromatic nitrogens is 1. The molecule has 1 aromatic carbocycles. The van der Waals surface area contributed by atoms with Crippen LogP contribution in [0.25, 0.3) is 0 Å². The molecule has 0 spiro atoms. The summed E-state index contributed by atoms with van der Waals surface area (Å²) in [4.78, 5) is 6.91. The topological polar surface area (TPSA) is 25.4 Å². The van der Waals surface area contributed by atoms with Gasteiger partial charge >= 0.3 is 0 Å². The number of thiazole rings is 1. The third kappa shape index (κ3) is 2.99. The molecular weight excluding hydrogens is 275 g/mol. The second-order valence-electron chi connectivity index (χ2n) is 4.97. The van der Waals surface area contributed by atoms with Crippen molar-refractivity contribution in [3.05, 3.63) is 46.2 Å². The lowest BCUT2D eigenvalue weighted by Gasteiger charge is -2.26. The lowest BCUT2D eigenvalue weighted by atomic mass is 10.0. The Morgan fingerprint density at radius 1 is 1.35 bits per heavy atom. The van der Waals surface area contributed by atoms with E-state index in [2.05, 4.69) is 15.3 Å². The Morgan fingerprint density at radius 3 is 2.95 bits per heavy atom. The maximum Gasteiger partial charge on any atom is 0.185 e. The van der Waals surface area contributed by atoms with Crippen molar-refractivity contribution in [1.29, 1.82) is 0 Å². The largest absolute Gasteiger partial charge is 0.378 e. The summed E-state index contributed by atoms with van der Waals surface area (Å²) in [5.74, 6) is -0.186. The average molecular weight is 292 g/mol. The minimum atomic E-state index is -0.186. The summed E-state index contributed by atoms with van der Waals surface area (Å²) in [6, 6.07) is 4.92. The molecule has 0 N–H and O–H groups in total. The van der Waals surface area contributed by atoms with Crippen molar-refractivity contribution in [3.8, 4) is 0 Å². The Labute approximate surface area is 122 Å². The van der Waals surface area contributed by atoms with Crippen molar-refractivity contribution in [2.75, 3.05) is 31.2 Å². The lowest BCUT2D eigenvalue weighted by Crippen LogP contribution is -2.36. The van der Waals surface area contributed by atoms with Crippen molar-refractivity contribution >= 4 is 16.5 Å². The first-order valence-corrected chi connectivity index (χ1v) is 7.62. The zero-order valence-corrected chi connectivity index (χ0v) is 12.3. The van der Waals surface area contributed by atoms with Crippen molar-refractivity contribution < 1.29 is 9.13 Å². The van der Waals surface area contributed by atoms with E-state index in [9.17, 15) is 4.39 Å². The summed E-state index contributed by atoms with van der Waals surface area (Å²) in [5, 5.41) is 3.10. The van der Waals surface area contributed by atoms with Crippen molar-refractivity contribution in [2.24, 2.45) is 0 Å². The highest BCUT2D eigenvalue weighted by Crippen LogP contribution is 2.24.